The molecule has 0 saturated carbocycles. The number of rotatable bonds is 5. The lowest BCUT2D eigenvalue weighted by molar-refractivity contribution is -0.117. The van der Waals surface area contributed by atoms with Gasteiger partial charge in [0.15, 0.2) is 0 Å². The lowest BCUT2D eigenvalue weighted by Gasteiger charge is -2.04. The fourth-order valence-corrected chi connectivity index (χ4v) is 1.58. The highest BCUT2D eigenvalue weighted by Crippen LogP contribution is 2.17. The Bertz CT molecular complexity index is 637. The number of amides is 1. The molecule has 0 bridgehead atoms. The van der Waals surface area contributed by atoms with Crippen LogP contribution in [-0.4, -0.2) is 24.6 Å². The van der Waals surface area contributed by atoms with E-state index in [-0.39, 0.29) is 18.0 Å². The Hall–Kier alpha value is -2.47. The molecular formula is C14H14N2O4. The minimum Gasteiger partial charge on any atom is -0.421 e. The topological polar surface area (TPSA) is 81.4 Å². The molecule has 0 aromatic carbocycles. The van der Waals surface area contributed by atoms with Gasteiger partial charge in [-0.05, 0) is 24.3 Å². The summed E-state index contributed by atoms with van der Waals surface area (Å²) in [6.45, 7) is 0.297. The van der Waals surface area contributed by atoms with Crippen molar-refractivity contribution in [3.63, 3.8) is 0 Å². The average Bonchev–Trinajstić information content (AvgIpc) is 2.48. The molecule has 1 N–H and O–H groups in total. The van der Waals surface area contributed by atoms with E-state index in [1.54, 1.807) is 30.6 Å². The van der Waals surface area contributed by atoms with Gasteiger partial charge in [-0.2, -0.15) is 0 Å². The number of aromatic nitrogens is 1. The van der Waals surface area contributed by atoms with Crippen LogP contribution in [-0.2, 0) is 9.53 Å². The molecule has 20 heavy (non-hydrogen) atoms. The molecule has 6 nitrogen and oxygen atoms in total. The van der Waals surface area contributed by atoms with E-state index in [9.17, 15) is 9.59 Å². The van der Waals surface area contributed by atoms with Gasteiger partial charge >= 0.3 is 5.63 Å². The van der Waals surface area contributed by atoms with E-state index in [1.165, 1.54) is 13.2 Å². The van der Waals surface area contributed by atoms with Gasteiger partial charge in [-0.15, -0.1) is 0 Å². The molecule has 6 heteroatoms. The van der Waals surface area contributed by atoms with Gasteiger partial charge in [0.2, 0.25) is 5.91 Å². The second-order valence-electron chi connectivity index (χ2n) is 4.03. The van der Waals surface area contributed by atoms with Gasteiger partial charge in [0.25, 0.3) is 0 Å². The number of anilines is 1. The third-order valence-electron chi connectivity index (χ3n) is 2.58. The van der Waals surface area contributed by atoms with Crippen molar-refractivity contribution in [2.75, 3.05) is 19.0 Å². The van der Waals surface area contributed by atoms with Crippen LogP contribution in [0.15, 0.2) is 45.9 Å². The first-order valence-electron chi connectivity index (χ1n) is 6.04. The van der Waals surface area contributed by atoms with Crippen LogP contribution in [0, 0.1) is 0 Å². The molecule has 2 aromatic heterocycles. The quantitative estimate of drug-likeness (QED) is 0.897. The Morgan fingerprint density at radius 2 is 2.25 bits per heavy atom. The number of hydrogen-bond acceptors (Lipinski definition) is 5. The Labute approximate surface area is 115 Å². The van der Waals surface area contributed by atoms with E-state index < -0.39 is 5.63 Å². The van der Waals surface area contributed by atoms with Crippen molar-refractivity contribution < 1.29 is 13.9 Å². The highest BCUT2D eigenvalue weighted by atomic mass is 16.5. The van der Waals surface area contributed by atoms with Gasteiger partial charge in [0.05, 0.1) is 13.0 Å². The molecule has 0 radical (unpaired) electrons. The van der Waals surface area contributed by atoms with Crippen molar-refractivity contribution in [2.24, 2.45) is 0 Å². The highest BCUT2D eigenvalue weighted by Gasteiger charge is 2.09. The van der Waals surface area contributed by atoms with Crippen LogP contribution >= 0.6 is 0 Å². The van der Waals surface area contributed by atoms with Crippen LogP contribution in [0.5, 0.6) is 0 Å². The molecule has 0 aliphatic carbocycles. The summed E-state index contributed by atoms with van der Waals surface area (Å²) in [5.41, 5.74) is 0.206. The van der Waals surface area contributed by atoms with Gasteiger partial charge in [0.1, 0.15) is 11.4 Å². The molecule has 1 amide bonds. The molecule has 2 rings (SSSR count). The van der Waals surface area contributed by atoms with Crippen molar-refractivity contribution in [1.29, 1.82) is 0 Å². The first-order valence-corrected chi connectivity index (χ1v) is 6.04. The Balaban J connectivity index is 2.15. The summed E-state index contributed by atoms with van der Waals surface area (Å²) in [6.07, 6.45) is 3.40. The third kappa shape index (κ3) is 3.52. The molecule has 0 aliphatic heterocycles. The van der Waals surface area contributed by atoms with Crippen molar-refractivity contribution in [1.82, 2.24) is 4.98 Å². The normalized spacial score (nSPS) is 10.2. The van der Waals surface area contributed by atoms with Gasteiger partial charge in [-0.1, -0.05) is 0 Å². The average molecular weight is 274 g/mol. The maximum atomic E-state index is 11.8. The molecule has 0 fully saturated rings. The SMILES string of the molecule is COCCC(=O)Nc1ccc(-c2cccnc2)oc1=O. The fraction of sp³-hybridized carbons (Fsp3) is 0.214. The van der Waals surface area contributed by atoms with Crippen LogP contribution < -0.4 is 10.9 Å². The van der Waals surface area contributed by atoms with E-state index in [2.05, 4.69) is 10.3 Å². The summed E-state index contributed by atoms with van der Waals surface area (Å²) in [7, 11) is 1.50. The van der Waals surface area contributed by atoms with Gasteiger partial charge in [-0.25, -0.2) is 4.79 Å². The molecule has 0 atom stereocenters. The summed E-state index contributed by atoms with van der Waals surface area (Å²) in [5.74, 6) is 0.103. The summed E-state index contributed by atoms with van der Waals surface area (Å²) >= 11 is 0. The summed E-state index contributed by atoms with van der Waals surface area (Å²) < 4.78 is 9.95. The number of pyridine rings is 1. The molecule has 2 aromatic rings. The molecule has 0 spiro atoms. The van der Waals surface area contributed by atoms with Crippen molar-refractivity contribution in [3.05, 3.63) is 47.1 Å². The van der Waals surface area contributed by atoms with Crippen molar-refractivity contribution in [3.8, 4) is 11.3 Å². The van der Waals surface area contributed by atoms with E-state index >= 15 is 0 Å². The molecular weight excluding hydrogens is 260 g/mol. The van der Waals surface area contributed by atoms with E-state index in [4.69, 9.17) is 9.15 Å². The minimum absolute atomic E-state index is 0.110. The fourth-order valence-electron chi connectivity index (χ4n) is 1.58. The number of carbonyl (C=O) groups is 1. The zero-order valence-corrected chi connectivity index (χ0v) is 11.0. The third-order valence-corrected chi connectivity index (χ3v) is 2.58. The van der Waals surface area contributed by atoms with Gasteiger partial charge in [0, 0.05) is 25.1 Å². The Morgan fingerprint density at radius 1 is 1.40 bits per heavy atom. The van der Waals surface area contributed by atoms with Crippen LogP contribution in [0.4, 0.5) is 5.69 Å². The first-order chi connectivity index (χ1) is 9.70. The number of hydrogen-bond donors (Lipinski definition) is 1. The highest BCUT2D eigenvalue weighted by molar-refractivity contribution is 5.90. The second kappa shape index (κ2) is 6.63. The Kier molecular flexibility index (Phi) is 4.62. The first kappa shape index (κ1) is 14.0. The van der Waals surface area contributed by atoms with Crippen LogP contribution in [0.25, 0.3) is 11.3 Å². The van der Waals surface area contributed by atoms with Gasteiger partial charge < -0.3 is 14.5 Å². The maximum Gasteiger partial charge on any atom is 0.360 e. The van der Waals surface area contributed by atoms with E-state index in [1.807, 2.05) is 0 Å². The van der Waals surface area contributed by atoms with E-state index in [0.29, 0.717) is 17.9 Å². The van der Waals surface area contributed by atoms with Crippen LogP contribution in [0.1, 0.15) is 6.42 Å². The van der Waals surface area contributed by atoms with Crippen LogP contribution in [0.3, 0.4) is 0 Å². The van der Waals surface area contributed by atoms with Crippen molar-refractivity contribution >= 4 is 11.6 Å². The smallest absolute Gasteiger partial charge is 0.360 e. The lowest BCUT2D eigenvalue weighted by atomic mass is 10.2. The Morgan fingerprint density at radius 3 is 2.90 bits per heavy atom. The lowest BCUT2D eigenvalue weighted by Crippen LogP contribution is -2.18. The predicted octanol–water partition coefficient (Wildman–Crippen LogP) is 1.68. The summed E-state index contributed by atoms with van der Waals surface area (Å²) in [4.78, 5) is 27.2. The molecule has 104 valence electrons. The molecule has 0 saturated heterocycles. The number of carbonyl (C=O) groups excluding carboxylic acids is 1. The monoisotopic (exact) mass is 274 g/mol. The van der Waals surface area contributed by atoms with Gasteiger partial charge in [-0.3, -0.25) is 9.78 Å². The van der Waals surface area contributed by atoms with E-state index in [0.717, 1.165) is 0 Å². The zero-order chi connectivity index (χ0) is 14.4. The van der Waals surface area contributed by atoms with Crippen LogP contribution in [0.2, 0.25) is 0 Å². The standard InChI is InChI=1S/C14H14N2O4/c1-19-8-6-13(17)16-11-4-5-12(20-14(11)18)10-3-2-7-15-9-10/h2-5,7,9H,6,8H2,1H3,(H,16,17). The number of methoxy groups -OCH3 is 1. The minimum atomic E-state index is -0.600. The predicted molar refractivity (Wildman–Crippen MR) is 73.3 cm³/mol. The largest absolute Gasteiger partial charge is 0.421 e. The molecule has 0 unspecified atom stereocenters. The van der Waals surface area contributed by atoms with Crippen molar-refractivity contribution in [2.45, 2.75) is 6.42 Å². The number of nitrogens with one attached hydrogen (secondary N) is 1. The number of nitrogens with zero attached hydrogens (tertiary/aromatic N) is 1. The summed E-state index contributed by atoms with van der Waals surface area (Å²) in [6, 6.07) is 6.65. The zero-order valence-electron chi connectivity index (χ0n) is 11.0. The molecule has 2 heterocycles. The maximum absolute atomic E-state index is 11.8. The second-order valence-corrected chi connectivity index (χ2v) is 4.03. The number of ether oxygens (including phenoxy) is 1. The molecule has 0 aliphatic rings. The summed E-state index contributed by atoms with van der Waals surface area (Å²) in [5, 5.41) is 2.48.